The standard InChI is InChI=1S/C15H25N3/c1-4-16-14(13-7-5-11(2)6-8-13)15-17-9-12(3)10-18-15/h9-11,13-14,16H,4-8H2,1-3H3. The topological polar surface area (TPSA) is 37.8 Å². The summed E-state index contributed by atoms with van der Waals surface area (Å²) < 4.78 is 0. The third kappa shape index (κ3) is 3.29. The molecule has 3 heteroatoms. The number of aromatic nitrogens is 2. The van der Waals surface area contributed by atoms with Crippen LogP contribution in [-0.2, 0) is 0 Å². The highest BCUT2D eigenvalue weighted by Gasteiger charge is 2.28. The Kier molecular flexibility index (Phi) is 4.70. The summed E-state index contributed by atoms with van der Waals surface area (Å²) in [5, 5.41) is 3.58. The molecule has 100 valence electrons. The van der Waals surface area contributed by atoms with E-state index in [0.717, 1.165) is 23.9 Å². The van der Waals surface area contributed by atoms with E-state index in [-0.39, 0.29) is 0 Å². The van der Waals surface area contributed by atoms with Crippen molar-refractivity contribution in [3.05, 3.63) is 23.8 Å². The van der Waals surface area contributed by atoms with Crippen molar-refractivity contribution in [1.82, 2.24) is 15.3 Å². The van der Waals surface area contributed by atoms with Gasteiger partial charge in [0.25, 0.3) is 0 Å². The largest absolute Gasteiger partial charge is 0.307 e. The van der Waals surface area contributed by atoms with Crippen molar-refractivity contribution in [2.45, 2.75) is 52.5 Å². The average molecular weight is 247 g/mol. The highest BCUT2D eigenvalue weighted by Crippen LogP contribution is 2.35. The highest BCUT2D eigenvalue weighted by molar-refractivity contribution is 5.06. The van der Waals surface area contributed by atoms with Gasteiger partial charge in [-0.25, -0.2) is 9.97 Å². The van der Waals surface area contributed by atoms with Gasteiger partial charge >= 0.3 is 0 Å². The molecule has 1 aromatic heterocycles. The first-order chi connectivity index (χ1) is 8.70. The third-order valence-electron chi connectivity index (χ3n) is 4.04. The molecule has 0 aromatic carbocycles. The summed E-state index contributed by atoms with van der Waals surface area (Å²) in [5.41, 5.74) is 1.13. The molecule has 0 amide bonds. The van der Waals surface area contributed by atoms with Crippen molar-refractivity contribution in [2.24, 2.45) is 11.8 Å². The van der Waals surface area contributed by atoms with Crippen LogP contribution in [0.15, 0.2) is 12.4 Å². The van der Waals surface area contributed by atoms with Crippen LogP contribution in [0.25, 0.3) is 0 Å². The second kappa shape index (κ2) is 6.28. The molecular weight excluding hydrogens is 222 g/mol. The lowest BCUT2D eigenvalue weighted by Gasteiger charge is -2.32. The fourth-order valence-corrected chi connectivity index (χ4v) is 2.87. The van der Waals surface area contributed by atoms with Gasteiger partial charge in [-0.05, 0) is 43.7 Å². The van der Waals surface area contributed by atoms with Crippen LogP contribution < -0.4 is 5.32 Å². The Balaban J connectivity index is 2.09. The van der Waals surface area contributed by atoms with Gasteiger partial charge in [0.15, 0.2) is 0 Å². The molecule has 1 atom stereocenters. The Morgan fingerprint density at radius 2 is 1.83 bits per heavy atom. The first-order valence-corrected chi connectivity index (χ1v) is 7.22. The van der Waals surface area contributed by atoms with E-state index in [4.69, 9.17) is 0 Å². The van der Waals surface area contributed by atoms with E-state index in [9.17, 15) is 0 Å². The molecule has 1 saturated carbocycles. The summed E-state index contributed by atoms with van der Waals surface area (Å²) in [4.78, 5) is 9.04. The predicted molar refractivity (Wildman–Crippen MR) is 74.3 cm³/mol. The lowest BCUT2D eigenvalue weighted by Crippen LogP contribution is -2.32. The maximum atomic E-state index is 4.52. The van der Waals surface area contributed by atoms with Crippen LogP contribution in [0.1, 0.15) is 57.0 Å². The molecule has 0 radical (unpaired) electrons. The monoisotopic (exact) mass is 247 g/mol. The number of nitrogens with one attached hydrogen (secondary N) is 1. The molecule has 2 rings (SSSR count). The molecule has 18 heavy (non-hydrogen) atoms. The minimum atomic E-state index is 0.336. The number of nitrogens with zero attached hydrogens (tertiary/aromatic N) is 2. The van der Waals surface area contributed by atoms with Gasteiger partial charge in [-0.3, -0.25) is 0 Å². The molecule has 1 aliphatic carbocycles. The molecule has 0 saturated heterocycles. The van der Waals surface area contributed by atoms with Crippen molar-refractivity contribution in [2.75, 3.05) is 6.54 Å². The second-order valence-corrected chi connectivity index (χ2v) is 5.67. The van der Waals surface area contributed by atoms with Crippen molar-refractivity contribution in [3.63, 3.8) is 0 Å². The Morgan fingerprint density at radius 3 is 2.39 bits per heavy atom. The first kappa shape index (κ1) is 13.5. The van der Waals surface area contributed by atoms with Gasteiger partial charge in [0.2, 0.25) is 0 Å². The van der Waals surface area contributed by atoms with Crippen LogP contribution in [0.5, 0.6) is 0 Å². The number of rotatable bonds is 4. The second-order valence-electron chi connectivity index (χ2n) is 5.67. The van der Waals surface area contributed by atoms with Gasteiger partial charge < -0.3 is 5.32 Å². The van der Waals surface area contributed by atoms with E-state index in [1.807, 2.05) is 19.3 Å². The van der Waals surface area contributed by atoms with Crippen molar-refractivity contribution in [1.29, 1.82) is 0 Å². The van der Waals surface area contributed by atoms with Crippen molar-refractivity contribution in [3.8, 4) is 0 Å². The van der Waals surface area contributed by atoms with E-state index in [1.165, 1.54) is 25.7 Å². The lowest BCUT2D eigenvalue weighted by molar-refractivity contribution is 0.227. The fourth-order valence-electron chi connectivity index (χ4n) is 2.87. The summed E-state index contributed by atoms with van der Waals surface area (Å²) in [6.07, 6.45) is 9.15. The summed E-state index contributed by atoms with van der Waals surface area (Å²) in [7, 11) is 0. The van der Waals surface area contributed by atoms with Gasteiger partial charge in [0, 0.05) is 12.4 Å². The Hall–Kier alpha value is -0.960. The van der Waals surface area contributed by atoms with Gasteiger partial charge in [0.05, 0.1) is 6.04 Å². The molecule has 3 nitrogen and oxygen atoms in total. The minimum absolute atomic E-state index is 0.336. The van der Waals surface area contributed by atoms with Crippen molar-refractivity contribution < 1.29 is 0 Å². The van der Waals surface area contributed by atoms with Gasteiger partial charge in [-0.1, -0.05) is 26.7 Å². The highest BCUT2D eigenvalue weighted by atomic mass is 15.0. The van der Waals surface area contributed by atoms with E-state index >= 15 is 0 Å². The molecule has 1 unspecified atom stereocenters. The molecule has 0 spiro atoms. The maximum Gasteiger partial charge on any atom is 0.145 e. The van der Waals surface area contributed by atoms with Crippen LogP contribution in [0.3, 0.4) is 0 Å². The van der Waals surface area contributed by atoms with E-state index in [2.05, 4.69) is 29.1 Å². The zero-order valence-corrected chi connectivity index (χ0v) is 11.8. The van der Waals surface area contributed by atoms with Gasteiger partial charge in [-0.2, -0.15) is 0 Å². The quantitative estimate of drug-likeness (QED) is 0.887. The van der Waals surface area contributed by atoms with Crippen LogP contribution in [0, 0.1) is 18.8 Å². The minimum Gasteiger partial charge on any atom is -0.307 e. The molecule has 0 aliphatic heterocycles. The Bertz CT molecular complexity index is 353. The van der Waals surface area contributed by atoms with Crippen LogP contribution in [0.2, 0.25) is 0 Å². The molecule has 1 heterocycles. The predicted octanol–water partition coefficient (Wildman–Crippen LogP) is 3.26. The molecule has 1 aromatic rings. The first-order valence-electron chi connectivity index (χ1n) is 7.22. The molecule has 0 bridgehead atoms. The summed E-state index contributed by atoms with van der Waals surface area (Å²) >= 11 is 0. The number of hydrogen-bond acceptors (Lipinski definition) is 3. The maximum absolute atomic E-state index is 4.52. The molecule has 1 N–H and O–H groups in total. The van der Waals surface area contributed by atoms with Crippen LogP contribution in [0.4, 0.5) is 0 Å². The van der Waals surface area contributed by atoms with Gasteiger partial charge in [0.1, 0.15) is 5.82 Å². The molecular formula is C15H25N3. The van der Waals surface area contributed by atoms with E-state index in [0.29, 0.717) is 12.0 Å². The lowest BCUT2D eigenvalue weighted by atomic mass is 9.79. The molecule has 1 aliphatic rings. The normalized spacial score (nSPS) is 25.9. The SMILES string of the molecule is CCNC(c1ncc(C)cn1)C1CCC(C)CC1. The zero-order chi connectivity index (χ0) is 13.0. The Labute approximate surface area is 110 Å². The number of aryl methyl sites for hydroxylation is 1. The summed E-state index contributed by atoms with van der Waals surface area (Å²) in [6, 6.07) is 0.336. The van der Waals surface area contributed by atoms with Crippen LogP contribution >= 0.6 is 0 Å². The fraction of sp³-hybridized carbons (Fsp3) is 0.733. The smallest absolute Gasteiger partial charge is 0.145 e. The zero-order valence-electron chi connectivity index (χ0n) is 11.8. The summed E-state index contributed by atoms with van der Waals surface area (Å²) in [5.74, 6) is 2.56. The van der Waals surface area contributed by atoms with E-state index in [1.54, 1.807) is 0 Å². The average Bonchev–Trinajstić information content (AvgIpc) is 2.39. The third-order valence-corrected chi connectivity index (χ3v) is 4.04. The summed E-state index contributed by atoms with van der Waals surface area (Å²) in [6.45, 7) is 7.54. The molecule has 1 fully saturated rings. The van der Waals surface area contributed by atoms with Gasteiger partial charge in [-0.15, -0.1) is 0 Å². The van der Waals surface area contributed by atoms with Crippen molar-refractivity contribution >= 4 is 0 Å². The Morgan fingerprint density at radius 1 is 1.22 bits per heavy atom. The van der Waals surface area contributed by atoms with E-state index < -0.39 is 0 Å². The number of hydrogen-bond donors (Lipinski definition) is 1. The van der Waals surface area contributed by atoms with Crippen LogP contribution in [-0.4, -0.2) is 16.5 Å².